The van der Waals surface area contributed by atoms with Gasteiger partial charge in [0.05, 0.1) is 0 Å². The van der Waals surface area contributed by atoms with Crippen LogP contribution in [0.4, 0.5) is 68.2 Å². The minimum atomic E-state index is 1.09. The van der Waals surface area contributed by atoms with Crippen molar-refractivity contribution in [3.8, 4) is 44.5 Å². The van der Waals surface area contributed by atoms with Gasteiger partial charge in [-0.1, -0.05) is 243 Å². The van der Waals surface area contributed by atoms with E-state index in [-0.39, 0.29) is 0 Å². The summed E-state index contributed by atoms with van der Waals surface area (Å²) in [5, 5.41) is 12.0. The van der Waals surface area contributed by atoms with E-state index in [1.165, 1.54) is 53.9 Å². The first-order chi connectivity index (χ1) is 50.6. The van der Waals surface area contributed by atoms with Crippen LogP contribution in [0.1, 0.15) is 0 Å². The summed E-state index contributed by atoms with van der Waals surface area (Å²) >= 11 is 0. The Labute approximate surface area is 595 Å². The van der Waals surface area contributed by atoms with Gasteiger partial charge in [-0.25, -0.2) is 0 Å². The Morgan fingerprint density at radius 2 is 0.245 bits per heavy atom. The fraction of sp³-hybridized carbons (Fsp3) is 0. The van der Waals surface area contributed by atoms with Crippen molar-refractivity contribution in [2.24, 2.45) is 0 Å². The second kappa shape index (κ2) is 26.7. The van der Waals surface area contributed by atoms with Crippen molar-refractivity contribution in [3.63, 3.8) is 0 Å². The number of fused-ring (bicyclic) bond motifs is 11. The third-order valence-corrected chi connectivity index (χ3v) is 19.9. The SMILES string of the molecule is c1ccc(N(c2ccccc2)c2ccc(-c3ccc4c5ccc(-c6ccc(N(c7ccccc7)c7ccccc7)cc6)cc5c5c6cc(-c7ccc(N(c8ccccc8)c8ccccc8)cc7)ccc6c6ccc(-c7ccc(N(c8ccccc8)c8ccccc8)cc7)cc6c5c4c3)cc2)cc1. The molecule has 0 fully saturated rings. The Kier molecular flexibility index (Phi) is 15.9. The van der Waals surface area contributed by atoms with Crippen LogP contribution in [-0.2, 0) is 0 Å². The lowest BCUT2D eigenvalue weighted by Crippen LogP contribution is -2.09. The summed E-state index contributed by atoms with van der Waals surface area (Å²) in [5.41, 5.74) is 22.3. The Bertz CT molecular complexity index is 5080. The number of anilines is 12. The first kappa shape index (κ1) is 60.8. The summed E-state index contributed by atoms with van der Waals surface area (Å²) in [7, 11) is 0. The minimum Gasteiger partial charge on any atom is -0.311 e. The van der Waals surface area contributed by atoms with Gasteiger partial charge in [-0.15, -0.1) is 0 Å². The predicted octanol–water partition coefficient (Wildman–Crippen LogP) is 28.0. The first-order valence-electron chi connectivity index (χ1n) is 35.0. The molecule has 18 rings (SSSR count). The smallest absolute Gasteiger partial charge is 0.0462 e. The van der Waals surface area contributed by atoms with E-state index in [0.29, 0.717) is 0 Å². The molecule has 0 unspecified atom stereocenters. The van der Waals surface area contributed by atoms with Gasteiger partial charge in [-0.3, -0.25) is 0 Å². The van der Waals surface area contributed by atoms with Crippen molar-refractivity contribution >= 4 is 122 Å². The van der Waals surface area contributed by atoms with Crippen LogP contribution in [0.2, 0.25) is 0 Å². The minimum absolute atomic E-state index is 1.09. The summed E-state index contributed by atoms with van der Waals surface area (Å²) in [5.74, 6) is 0. The summed E-state index contributed by atoms with van der Waals surface area (Å²) < 4.78 is 0. The highest BCUT2D eigenvalue weighted by atomic mass is 15.2. The van der Waals surface area contributed by atoms with E-state index in [0.717, 1.165) is 113 Å². The molecule has 102 heavy (non-hydrogen) atoms. The van der Waals surface area contributed by atoms with E-state index < -0.39 is 0 Å². The second-order valence-electron chi connectivity index (χ2n) is 26.0. The maximum Gasteiger partial charge on any atom is 0.0462 e. The number of hydrogen-bond acceptors (Lipinski definition) is 4. The van der Waals surface area contributed by atoms with Crippen LogP contribution in [0.5, 0.6) is 0 Å². The highest BCUT2D eigenvalue weighted by Crippen LogP contribution is 2.49. The number of nitrogens with zero attached hydrogens (tertiary/aromatic N) is 4. The Hall–Kier alpha value is -13.5. The fourth-order valence-corrected chi connectivity index (χ4v) is 15.1. The molecule has 0 saturated heterocycles. The van der Waals surface area contributed by atoms with E-state index in [1.807, 2.05) is 0 Å². The molecule has 0 aliphatic heterocycles. The van der Waals surface area contributed by atoms with Gasteiger partial charge in [0, 0.05) is 68.2 Å². The Morgan fingerprint density at radius 1 is 0.108 bits per heavy atom. The van der Waals surface area contributed by atoms with E-state index in [4.69, 9.17) is 0 Å². The highest BCUT2D eigenvalue weighted by Gasteiger charge is 2.22. The average Bonchev–Trinajstić information content (AvgIpc) is 0.701. The lowest BCUT2D eigenvalue weighted by Gasteiger charge is -2.25. The van der Waals surface area contributed by atoms with E-state index in [9.17, 15) is 0 Å². The molecule has 0 spiro atoms. The molecule has 0 radical (unpaired) electrons. The second-order valence-corrected chi connectivity index (χ2v) is 26.0. The molecule has 18 aromatic carbocycles. The topological polar surface area (TPSA) is 13.0 Å². The molecule has 18 aromatic rings. The summed E-state index contributed by atoms with van der Waals surface area (Å²) in [6, 6.07) is 150. The molecule has 0 saturated carbocycles. The van der Waals surface area contributed by atoms with Gasteiger partial charge in [-0.05, 0) is 268 Å². The van der Waals surface area contributed by atoms with Crippen LogP contribution in [0.3, 0.4) is 0 Å². The number of rotatable bonds is 16. The van der Waals surface area contributed by atoms with Gasteiger partial charge in [0.2, 0.25) is 0 Å². The standard InChI is InChI=1S/C98H68N4/c1-9-25-77(26-10-1)99(78-27-11-2-12-28-78)85-53-41-69(42-54-85)73-49-61-89-90-62-50-75(71-45-57-87(58-46-71)101(81-33-17-5-18-34-81)82-35-19-6-20-36-82)67-95(90)98-96-68-76(72-47-59-88(60-48-72)102(83-37-21-7-22-38-83)84-39-23-8-24-40-84)52-64-92(96)91-63-51-74(66-94(91)97(98)93(89)65-73)70-43-55-86(56-44-70)100(79-29-13-3-14-30-79)80-31-15-4-16-32-80/h1-68H. The van der Waals surface area contributed by atoms with Crippen molar-refractivity contribution in [1.82, 2.24) is 0 Å². The van der Waals surface area contributed by atoms with Gasteiger partial charge in [-0.2, -0.15) is 0 Å². The summed E-state index contributed by atoms with van der Waals surface area (Å²) in [4.78, 5) is 9.31. The predicted molar refractivity (Wildman–Crippen MR) is 434 cm³/mol. The van der Waals surface area contributed by atoms with E-state index >= 15 is 0 Å². The van der Waals surface area contributed by atoms with Gasteiger partial charge >= 0.3 is 0 Å². The zero-order valence-corrected chi connectivity index (χ0v) is 56.0. The molecular weight excluding hydrogens is 1230 g/mol. The van der Waals surface area contributed by atoms with Gasteiger partial charge in [0.1, 0.15) is 0 Å². The third kappa shape index (κ3) is 11.5. The van der Waals surface area contributed by atoms with Crippen LogP contribution in [0, 0.1) is 0 Å². The van der Waals surface area contributed by atoms with E-state index in [1.54, 1.807) is 0 Å². The molecule has 4 nitrogen and oxygen atoms in total. The first-order valence-corrected chi connectivity index (χ1v) is 35.0. The molecule has 0 aromatic heterocycles. The van der Waals surface area contributed by atoms with Crippen molar-refractivity contribution in [3.05, 3.63) is 413 Å². The average molecular weight is 1300 g/mol. The highest BCUT2D eigenvalue weighted by molar-refractivity contribution is 6.40. The zero-order chi connectivity index (χ0) is 67.7. The van der Waals surface area contributed by atoms with Crippen LogP contribution in [0.15, 0.2) is 413 Å². The Balaban J connectivity index is 0.857. The molecule has 0 amide bonds. The molecule has 480 valence electrons. The maximum atomic E-state index is 2.47. The van der Waals surface area contributed by atoms with Crippen LogP contribution in [-0.4, -0.2) is 0 Å². The molecule has 4 heteroatoms. The Morgan fingerprint density at radius 3 is 0.402 bits per heavy atom. The van der Waals surface area contributed by atoms with Crippen molar-refractivity contribution in [1.29, 1.82) is 0 Å². The van der Waals surface area contributed by atoms with E-state index in [2.05, 4.69) is 432 Å². The van der Waals surface area contributed by atoms with Crippen LogP contribution < -0.4 is 19.6 Å². The van der Waals surface area contributed by atoms with Crippen molar-refractivity contribution in [2.45, 2.75) is 0 Å². The molecular formula is C98H68N4. The zero-order valence-electron chi connectivity index (χ0n) is 56.0. The van der Waals surface area contributed by atoms with Crippen LogP contribution >= 0.6 is 0 Å². The molecule has 0 aliphatic carbocycles. The van der Waals surface area contributed by atoms with Crippen LogP contribution in [0.25, 0.3) is 98.4 Å². The molecule has 0 aliphatic rings. The van der Waals surface area contributed by atoms with Gasteiger partial charge < -0.3 is 19.6 Å². The van der Waals surface area contributed by atoms with Gasteiger partial charge in [0.25, 0.3) is 0 Å². The quantitative estimate of drug-likeness (QED) is 0.0894. The molecule has 0 N–H and O–H groups in total. The monoisotopic (exact) mass is 1300 g/mol. The number of hydrogen-bond donors (Lipinski definition) is 0. The summed E-state index contributed by atoms with van der Waals surface area (Å²) in [6.45, 7) is 0. The van der Waals surface area contributed by atoms with Crippen molar-refractivity contribution < 1.29 is 0 Å². The molecule has 0 atom stereocenters. The molecule has 0 bridgehead atoms. The maximum absolute atomic E-state index is 2.47. The fourth-order valence-electron chi connectivity index (χ4n) is 15.1. The third-order valence-electron chi connectivity index (χ3n) is 19.9. The van der Waals surface area contributed by atoms with Crippen molar-refractivity contribution in [2.75, 3.05) is 19.6 Å². The molecule has 0 heterocycles. The summed E-state index contributed by atoms with van der Waals surface area (Å²) in [6.07, 6.45) is 0. The lowest BCUT2D eigenvalue weighted by atomic mass is 9.84. The normalized spacial score (nSPS) is 11.3. The van der Waals surface area contributed by atoms with Gasteiger partial charge in [0.15, 0.2) is 0 Å². The number of benzene rings is 18. The largest absolute Gasteiger partial charge is 0.311 e. The number of para-hydroxylation sites is 8. The lowest BCUT2D eigenvalue weighted by molar-refractivity contribution is 1.28.